The molecule has 1 aliphatic rings. The molecule has 2 N–H and O–H groups in total. The first-order chi connectivity index (χ1) is 10.0. The minimum Gasteiger partial charge on any atom is -0.325 e. The third-order valence-electron chi connectivity index (χ3n) is 4.11. The van der Waals surface area contributed by atoms with E-state index in [0.29, 0.717) is 0 Å². The van der Waals surface area contributed by atoms with Crippen LogP contribution in [0, 0.1) is 0 Å². The van der Waals surface area contributed by atoms with Crippen molar-refractivity contribution in [1.82, 2.24) is 14.5 Å². The quantitative estimate of drug-likeness (QED) is 0.940. The number of rotatable bonds is 4. The number of piperidine rings is 1. The van der Waals surface area contributed by atoms with E-state index < -0.39 is 0 Å². The van der Waals surface area contributed by atoms with Gasteiger partial charge in [-0.2, -0.15) is 0 Å². The summed E-state index contributed by atoms with van der Waals surface area (Å²) >= 11 is 0. The monoisotopic (exact) mass is 286 g/mol. The summed E-state index contributed by atoms with van der Waals surface area (Å²) in [4.78, 5) is 7.38. The Kier molecular flexibility index (Phi) is 4.00. The van der Waals surface area contributed by atoms with Crippen molar-refractivity contribution in [2.24, 2.45) is 5.73 Å². The first-order valence-corrected chi connectivity index (χ1v) is 7.98. The van der Waals surface area contributed by atoms with Crippen LogP contribution in [-0.2, 0) is 13.1 Å². The minimum absolute atomic E-state index is 0.236. The summed E-state index contributed by atoms with van der Waals surface area (Å²) in [6.45, 7) is 8.27. The molecule has 0 unspecified atom stereocenters. The second-order valence-electron chi connectivity index (χ2n) is 6.93. The van der Waals surface area contributed by atoms with Crippen LogP contribution in [0.15, 0.2) is 24.3 Å². The number of nitrogens with two attached hydrogens (primary N) is 1. The summed E-state index contributed by atoms with van der Waals surface area (Å²) in [6.07, 6.45) is 3.98. The average molecular weight is 286 g/mol. The largest absolute Gasteiger partial charge is 0.325 e. The lowest BCUT2D eigenvalue weighted by Crippen LogP contribution is -2.38. The topological polar surface area (TPSA) is 47.1 Å². The highest BCUT2D eigenvalue weighted by molar-refractivity contribution is 5.75. The van der Waals surface area contributed by atoms with Gasteiger partial charge in [0.25, 0.3) is 0 Å². The molecule has 0 spiro atoms. The van der Waals surface area contributed by atoms with Gasteiger partial charge in [-0.15, -0.1) is 0 Å². The molecule has 0 amide bonds. The zero-order valence-electron chi connectivity index (χ0n) is 13.2. The second kappa shape index (κ2) is 5.78. The normalized spacial score (nSPS) is 17.5. The van der Waals surface area contributed by atoms with Crippen LogP contribution in [-0.4, -0.2) is 33.1 Å². The van der Waals surface area contributed by atoms with Gasteiger partial charge >= 0.3 is 0 Å². The van der Waals surface area contributed by atoms with Gasteiger partial charge in [-0.3, -0.25) is 4.90 Å². The molecule has 1 aliphatic heterocycles. The second-order valence-corrected chi connectivity index (χ2v) is 6.93. The highest BCUT2D eigenvalue weighted by Gasteiger charge is 2.20. The van der Waals surface area contributed by atoms with Gasteiger partial charge in [0.05, 0.1) is 17.6 Å². The fourth-order valence-electron chi connectivity index (χ4n) is 3.15. The van der Waals surface area contributed by atoms with Crippen LogP contribution < -0.4 is 5.73 Å². The van der Waals surface area contributed by atoms with Crippen LogP contribution >= 0.6 is 0 Å². The zero-order chi connectivity index (χ0) is 14.9. The third-order valence-corrected chi connectivity index (χ3v) is 4.11. The Bertz CT molecular complexity index is 603. The number of likely N-dealkylation sites (tertiary alicyclic amines) is 1. The SMILES string of the molecule is CC(C)(N)Cn1c(CN2CCCCC2)nc2ccccc21. The fourth-order valence-corrected chi connectivity index (χ4v) is 3.15. The maximum Gasteiger partial charge on any atom is 0.124 e. The van der Waals surface area contributed by atoms with Gasteiger partial charge in [-0.05, 0) is 51.9 Å². The molecule has 2 heterocycles. The molecule has 0 saturated carbocycles. The summed E-state index contributed by atoms with van der Waals surface area (Å²) in [5, 5.41) is 0. The number of nitrogens with zero attached hydrogens (tertiary/aromatic N) is 3. The summed E-state index contributed by atoms with van der Waals surface area (Å²) < 4.78 is 2.31. The Balaban J connectivity index is 1.93. The van der Waals surface area contributed by atoms with Gasteiger partial charge in [0, 0.05) is 12.1 Å². The van der Waals surface area contributed by atoms with Gasteiger partial charge in [-0.25, -0.2) is 4.98 Å². The van der Waals surface area contributed by atoms with E-state index in [1.54, 1.807) is 0 Å². The smallest absolute Gasteiger partial charge is 0.124 e. The van der Waals surface area contributed by atoms with Gasteiger partial charge in [0.2, 0.25) is 0 Å². The van der Waals surface area contributed by atoms with Gasteiger partial charge in [0.15, 0.2) is 0 Å². The van der Waals surface area contributed by atoms with Crippen molar-refractivity contribution in [3.05, 3.63) is 30.1 Å². The van der Waals surface area contributed by atoms with Crippen molar-refractivity contribution in [2.75, 3.05) is 13.1 Å². The van der Waals surface area contributed by atoms with Crippen LogP contribution in [0.4, 0.5) is 0 Å². The van der Waals surface area contributed by atoms with E-state index in [1.165, 1.54) is 37.9 Å². The van der Waals surface area contributed by atoms with E-state index in [4.69, 9.17) is 10.7 Å². The lowest BCUT2D eigenvalue weighted by atomic mass is 10.1. The lowest BCUT2D eigenvalue weighted by molar-refractivity contribution is 0.212. The number of fused-ring (bicyclic) bond motifs is 1. The summed E-state index contributed by atoms with van der Waals surface area (Å²) in [7, 11) is 0. The number of hydrogen-bond acceptors (Lipinski definition) is 3. The first-order valence-electron chi connectivity index (χ1n) is 7.98. The van der Waals surface area contributed by atoms with Gasteiger partial charge in [-0.1, -0.05) is 18.6 Å². The molecule has 0 atom stereocenters. The Labute approximate surface area is 126 Å². The molecular weight excluding hydrogens is 260 g/mol. The molecule has 4 heteroatoms. The maximum atomic E-state index is 6.26. The standard InChI is InChI=1S/C17H26N4/c1-17(2,18)13-21-15-9-5-4-8-14(15)19-16(21)12-20-10-6-3-7-11-20/h4-5,8-9H,3,6-7,10-13,18H2,1-2H3. The molecule has 1 aromatic heterocycles. The Hall–Kier alpha value is -1.39. The molecule has 114 valence electrons. The van der Waals surface area contributed by atoms with Crippen LogP contribution in [0.1, 0.15) is 38.9 Å². The zero-order valence-corrected chi connectivity index (χ0v) is 13.2. The lowest BCUT2D eigenvalue weighted by Gasteiger charge is -2.27. The molecule has 1 saturated heterocycles. The fraction of sp³-hybridized carbons (Fsp3) is 0.588. The molecular formula is C17H26N4. The van der Waals surface area contributed by atoms with Crippen molar-refractivity contribution in [3.8, 4) is 0 Å². The van der Waals surface area contributed by atoms with Crippen molar-refractivity contribution in [1.29, 1.82) is 0 Å². The predicted molar refractivity (Wildman–Crippen MR) is 87.1 cm³/mol. The summed E-state index contributed by atoms with van der Waals surface area (Å²) in [6, 6.07) is 8.37. The maximum absolute atomic E-state index is 6.26. The van der Waals surface area contributed by atoms with E-state index >= 15 is 0 Å². The summed E-state index contributed by atoms with van der Waals surface area (Å²) in [5.41, 5.74) is 8.30. The first kappa shape index (κ1) is 14.5. The van der Waals surface area contributed by atoms with Crippen LogP contribution in [0.3, 0.4) is 0 Å². The van der Waals surface area contributed by atoms with Crippen molar-refractivity contribution in [3.63, 3.8) is 0 Å². The van der Waals surface area contributed by atoms with E-state index in [1.807, 2.05) is 0 Å². The van der Waals surface area contributed by atoms with E-state index in [2.05, 4.69) is 47.6 Å². The molecule has 3 rings (SSSR count). The molecule has 4 nitrogen and oxygen atoms in total. The van der Waals surface area contributed by atoms with Crippen LogP contribution in [0.2, 0.25) is 0 Å². The number of imidazole rings is 1. The Morgan fingerprint density at radius 3 is 2.57 bits per heavy atom. The number of hydrogen-bond donors (Lipinski definition) is 1. The van der Waals surface area contributed by atoms with Gasteiger partial charge < -0.3 is 10.3 Å². The number of benzene rings is 1. The van der Waals surface area contributed by atoms with E-state index in [0.717, 1.165) is 24.4 Å². The van der Waals surface area contributed by atoms with Crippen molar-refractivity contribution < 1.29 is 0 Å². The van der Waals surface area contributed by atoms with E-state index in [9.17, 15) is 0 Å². The van der Waals surface area contributed by atoms with Crippen LogP contribution in [0.5, 0.6) is 0 Å². The molecule has 0 aliphatic carbocycles. The highest BCUT2D eigenvalue weighted by Crippen LogP contribution is 2.21. The van der Waals surface area contributed by atoms with Crippen molar-refractivity contribution in [2.45, 2.75) is 51.7 Å². The van der Waals surface area contributed by atoms with Gasteiger partial charge in [0.1, 0.15) is 5.82 Å². The predicted octanol–water partition coefficient (Wildman–Crippen LogP) is 2.76. The Morgan fingerprint density at radius 2 is 1.86 bits per heavy atom. The molecule has 0 radical (unpaired) electrons. The molecule has 1 fully saturated rings. The summed E-state index contributed by atoms with van der Waals surface area (Å²) in [5.74, 6) is 1.15. The average Bonchev–Trinajstić information content (AvgIpc) is 2.76. The molecule has 21 heavy (non-hydrogen) atoms. The molecule has 2 aromatic rings. The van der Waals surface area contributed by atoms with Crippen LogP contribution in [0.25, 0.3) is 11.0 Å². The highest BCUT2D eigenvalue weighted by atomic mass is 15.2. The minimum atomic E-state index is -0.236. The van der Waals surface area contributed by atoms with E-state index in [-0.39, 0.29) is 5.54 Å². The molecule has 1 aromatic carbocycles. The Morgan fingerprint density at radius 1 is 1.14 bits per heavy atom. The number of aromatic nitrogens is 2. The number of para-hydroxylation sites is 2. The third kappa shape index (κ3) is 3.44. The van der Waals surface area contributed by atoms with Crippen molar-refractivity contribution >= 4 is 11.0 Å². The molecule has 0 bridgehead atoms.